The van der Waals surface area contributed by atoms with Gasteiger partial charge < -0.3 is 20.7 Å². The van der Waals surface area contributed by atoms with E-state index in [9.17, 15) is 9.59 Å². The topological polar surface area (TPSA) is 82.7 Å². The molecule has 0 aliphatic carbocycles. The highest BCUT2D eigenvalue weighted by Gasteiger charge is 2.22. The third-order valence-corrected chi connectivity index (χ3v) is 5.87. The summed E-state index contributed by atoms with van der Waals surface area (Å²) in [6.45, 7) is 5.88. The lowest BCUT2D eigenvalue weighted by Crippen LogP contribution is -2.40. The maximum Gasteiger partial charge on any atom is 0.253 e. The first-order valence-corrected chi connectivity index (χ1v) is 11.4. The number of likely N-dealkylation sites (N-methyl/N-ethyl adjacent to an activating group) is 1. The Morgan fingerprint density at radius 1 is 1.12 bits per heavy atom. The smallest absolute Gasteiger partial charge is 0.253 e. The fourth-order valence-corrected chi connectivity index (χ4v) is 4.09. The van der Waals surface area contributed by atoms with E-state index in [2.05, 4.69) is 27.8 Å². The molecule has 1 saturated heterocycles. The van der Waals surface area contributed by atoms with E-state index in [1.807, 2.05) is 30.3 Å². The summed E-state index contributed by atoms with van der Waals surface area (Å²) < 4.78 is 5.16. The molecule has 1 atom stereocenters. The third kappa shape index (κ3) is 6.80. The first-order valence-electron chi connectivity index (χ1n) is 11.4. The summed E-state index contributed by atoms with van der Waals surface area (Å²) in [6, 6.07) is 15.4. The van der Waals surface area contributed by atoms with Crippen molar-refractivity contribution in [2.75, 3.05) is 45.2 Å². The SMILES string of the molecule is CCN1CCCC1CNCC(=O)Nc1ccccc1C(=O)NCCc1ccc(OC)cc1. The first kappa shape index (κ1) is 23.8. The summed E-state index contributed by atoms with van der Waals surface area (Å²) in [7, 11) is 1.64. The van der Waals surface area contributed by atoms with E-state index in [0.29, 0.717) is 30.3 Å². The van der Waals surface area contributed by atoms with Gasteiger partial charge in [0.15, 0.2) is 0 Å². The van der Waals surface area contributed by atoms with Crippen LogP contribution >= 0.6 is 0 Å². The van der Waals surface area contributed by atoms with Gasteiger partial charge in [-0.15, -0.1) is 0 Å². The second-order valence-electron chi connectivity index (χ2n) is 8.00. The fourth-order valence-electron chi connectivity index (χ4n) is 4.09. The minimum Gasteiger partial charge on any atom is -0.497 e. The van der Waals surface area contributed by atoms with E-state index in [0.717, 1.165) is 30.9 Å². The van der Waals surface area contributed by atoms with Crippen molar-refractivity contribution in [2.24, 2.45) is 0 Å². The lowest BCUT2D eigenvalue weighted by atomic mass is 10.1. The molecule has 2 amide bonds. The van der Waals surface area contributed by atoms with Gasteiger partial charge >= 0.3 is 0 Å². The maximum atomic E-state index is 12.7. The number of methoxy groups -OCH3 is 1. The highest BCUT2D eigenvalue weighted by molar-refractivity contribution is 6.04. The molecule has 7 heteroatoms. The largest absolute Gasteiger partial charge is 0.497 e. The van der Waals surface area contributed by atoms with Crippen molar-refractivity contribution in [1.29, 1.82) is 0 Å². The number of rotatable bonds is 11. The van der Waals surface area contributed by atoms with Gasteiger partial charge in [0.05, 0.1) is 24.9 Å². The fraction of sp³-hybridized carbons (Fsp3) is 0.440. The molecule has 0 aromatic heterocycles. The van der Waals surface area contributed by atoms with Gasteiger partial charge in [-0.25, -0.2) is 0 Å². The summed E-state index contributed by atoms with van der Waals surface area (Å²) in [5.41, 5.74) is 2.10. The molecule has 0 bridgehead atoms. The molecule has 2 aromatic rings. The van der Waals surface area contributed by atoms with Gasteiger partial charge in [-0.1, -0.05) is 31.2 Å². The average Bonchev–Trinajstić information content (AvgIpc) is 3.27. The van der Waals surface area contributed by atoms with Crippen molar-refractivity contribution >= 4 is 17.5 Å². The molecule has 3 N–H and O–H groups in total. The molecule has 1 aliphatic rings. The van der Waals surface area contributed by atoms with E-state index in [-0.39, 0.29) is 18.4 Å². The third-order valence-electron chi connectivity index (χ3n) is 5.87. The molecule has 0 radical (unpaired) electrons. The van der Waals surface area contributed by atoms with Gasteiger partial charge in [0.1, 0.15) is 5.75 Å². The molecule has 1 heterocycles. The number of amides is 2. The van der Waals surface area contributed by atoms with Gasteiger partial charge in [0.2, 0.25) is 5.91 Å². The highest BCUT2D eigenvalue weighted by atomic mass is 16.5. The van der Waals surface area contributed by atoms with Gasteiger partial charge in [0, 0.05) is 19.1 Å². The van der Waals surface area contributed by atoms with E-state index >= 15 is 0 Å². The van der Waals surface area contributed by atoms with Crippen LogP contribution in [0, 0.1) is 0 Å². The number of carbonyl (C=O) groups is 2. The van der Waals surface area contributed by atoms with E-state index in [4.69, 9.17) is 4.74 Å². The summed E-state index contributed by atoms with van der Waals surface area (Å²) in [4.78, 5) is 27.6. The van der Waals surface area contributed by atoms with Gasteiger partial charge in [-0.2, -0.15) is 0 Å². The second-order valence-corrected chi connectivity index (χ2v) is 8.00. The van der Waals surface area contributed by atoms with Crippen LogP contribution in [0.2, 0.25) is 0 Å². The minimum atomic E-state index is -0.202. The average molecular weight is 439 g/mol. The van der Waals surface area contributed by atoms with Crippen LogP contribution in [0.15, 0.2) is 48.5 Å². The van der Waals surface area contributed by atoms with Crippen molar-refractivity contribution < 1.29 is 14.3 Å². The normalized spacial score (nSPS) is 16.0. The summed E-state index contributed by atoms with van der Waals surface area (Å²) in [6.07, 6.45) is 3.10. The Balaban J connectivity index is 1.46. The number of benzene rings is 2. The van der Waals surface area contributed by atoms with E-state index in [1.54, 1.807) is 25.3 Å². The van der Waals surface area contributed by atoms with Gasteiger partial charge in [0.25, 0.3) is 5.91 Å². The summed E-state index contributed by atoms with van der Waals surface area (Å²) in [5, 5.41) is 9.07. The highest BCUT2D eigenvalue weighted by Crippen LogP contribution is 2.17. The van der Waals surface area contributed by atoms with Crippen molar-refractivity contribution in [3.63, 3.8) is 0 Å². The number of para-hydroxylation sites is 1. The number of nitrogens with zero attached hydrogens (tertiary/aromatic N) is 1. The Morgan fingerprint density at radius 3 is 2.66 bits per heavy atom. The standard InChI is InChI=1S/C25H34N4O3/c1-3-29-16-6-7-20(29)17-26-18-24(30)28-23-9-5-4-8-22(23)25(31)27-15-14-19-10-12-21(32-2)13-11-19/h4-5,8-13,20,26H,3,6-7,14-18H2,1-2H3,(H,27,31)(H,28,30). The number of hydrogen-bond donors (Lipinski definition) is 3. The molecular weight excluding hydrogens is 404 g/mol. The Hall–Kier alpha value is -2.90. The molecule has 7 nitrogen and oxygen atoms in total. The lowest BCUT2D eigenvalue weighted by Gasteiger charge is -2.22. The number of anilines is 1. The predicted molar refractivity (Wildman–Crippen MR) is 127 cm³/mol. The molecule has 1 aliphatic heterocycles. The van der Waals surface area contributed by atoms with E-state index < -0.39 is 0 Å². The van der Waals surface area contributed by atoms with Crippen LogP contribution in [0.3, 0.4) is 0 Å². The molecule has 1 unspecified atom stereocenters. The Morgan fingerprint density at radius 2 is 1.91 bits per heavy atom. The molecule has 32 heavy (non-hydrogen) atoms. The number of likely N-dealkylation sites (tertiary alicyclic amines) is 1. The van der Waals surface area contributed by atoms with Gasteiger partial charge in [-0.3, -0.25) is 14.5 Å². The Bertz CT molecular complexity index is 885. The number of ether oxygens (including phenoxy) is 1. The zero-order valence-electron chi connectivity index (χ0n) is 19.0. The van der Waals surface area contributed by atoms with Crippen LogP contribution in [0.1, 0.15) is 35.7 Å². The molecular formula is C25H34N4O3. The second kappa shape index (κ2) is 12.2. The molecule has 0 spiro atoms. The number of nitrogens with one attached hydrogen (secondary N) is 3. The van der Waals surface area contributed by atoms with Crippen LogP contribution in [-0.2, 0) is 11.2 Å². The minimum absolute atomic E-state index is 0.149. The van der Waals surface area contributed by atoms with Crippen molar-refractivity contribution in [2.45, 2.75) is 32.2 Å². The van der Waals surface area contributed by atoms with Crippen LogP contribution in [-0.4, -0.2) is 62.6 Å². The van der Waals surface area contributed by atoms with Gasteiger partial charge in [-0.05, 0) is 62.2 Å². The van der Waals surface area contributed by atoms with Crippen molar-refractivity contribution in [3.8, 4) is 5.75 Å². The zero-order chi connectivity index (χ0) is 22.8. The quantitative estimate of drug-likeness (QED) is 0.503. The van der Waals surface area contributed by atoms with E-state index in [1.165, 1.54) is 12.8 Å². The van der Waals surface area contributed by atoms with Crippen molar-refractivity contribution in [1.82, 2.24) is 15.5 Å². The molecule has 1 fully saturated rings. The Kier molecular flexibility index (Phi) is 9.07. The predicted octanol–water partition coefficient (Wildman–Crippen LogP) is 2.68. The molecule has 3 rings (SSSR count). The maximum absolute atomic E-state index is 12.7. The van der Waals surface area contributed by atoms with Crippen LogP contribution < -0.4 is 20.7 Å². The number of hydrogen-bond acceptors (Lipinski definition) is 5. The number of carbonyl (C=O) groups excluding carboxylic acids is 2. The van der Waals surface area contributed by atoms with Crippen LogP contribution in [0.5, 0.6) is 5.75 Å². The lowest BCUT2D eigenvalue weighted by molar-refractivity contribution is -0.115. The van der Waals surface area contributed by atoms with Crippen LogP contribution in [0.25, 0.3) is 0 Å². The molecule has 172 valence electrons. The Labute approximate surface area is 190 Å². The van der Waals surface area contributed by atoms with Crippen molar-refractivity contribution in [3.05, 3.63) is 59.7 Å². The monoisotopic (exact) mass is 438 g/mol. The molecule has 2 aromatic carbocycles. The van der Waals surface area contributed by atoms with Crippen LogP contribution in [0.4, 0.5) is 5.69 Å². The summed E-state index contributed by atoms with van der Waals surface area (Å²) in [5.74, 6) is 0.458. The molecule has 0 saturated carbocycles. The first-order chi connectivity index (χ1) is 15.6. The summed E-state index contributed by atoms with van der Waals surface area (Å²) >= 11 is 0. The zero-order valence-corrected chi connectivity index (χ0v) is 19.0.